The maximum absolute atomic E-state index is 13.5. The van der Waals surface area contributed by atoms with Crippen molar-refractivity contribution >= 4 is 17.9 Å². The van der Waals surface area contributed by atoms with Gasteiger partial charge in [-0.3, -0.25) is 14.6 Å². The van der Waals surface area contributed by atoms with E-state index in [1.54, 1.807) is 18.3 Å². The molecular formula is C28H30N4O5. The Morgan fingerprint density at radius 3 is 2.35 bits per heavy atom. The van der Waals surface area contributed by atoms with Crippen molar-refractivity contribution in [2.45, 2.75) is 43.8 Å². The molecule has 4 N–H and O–H groups in total. The topological polar surface area (TPSA) is 132 Å². The number of phenols is 1. The van der Waals surface area contributed by atoms with Gasteiger partial charge in [-0.2, -0.15) is 0 Å². The van der Waals surface area contributed by atoms with Crippen LogP contribution in [-0.4, -0.2) is 56.6 Å². The minimum absolute atomic E-state index is 0.0766. The van der Waals surface area contributed by atoms with Gasteiger partial charge in [0.1, 0.15) is 17.8 Å². The van der Waals surface area contributed by atoms with Gasteiger partial charge in [0.25, 0.3) is 0 Å². The first kappa shape index (κ1) is 25.7. The van der Waals surface area contributed by atoms with Crippen LogP contribution in [0.25, 0.3) is 0 Å². The molecular weight excluding hydrogens is 472 g/mol. The molecule has 0 saturated carbocycles. The maximum Gasteiger partial charge on any atom is 0.405 e. The van der Waals surface area contributed by atoms with Crippen LogP contribution in [-0.2, 0) is 22.4 Å². The molecule has 0 radical (unpaired) electrons. The van der Waals surface area contributed by atoms with Crippen LogP contribution in [0.1, 0.15) is 35.7 Å². The second kappa shape index (κ2) is 12.0. The second-order valence-corrected chi connectivity index (χ2v) is 9.06. The van der Waals surface area contributed by atoms with Gasteiger partial charge in [-0.25, -0.2) is 4.79 Å². The molecule has 0 spiro atoms. The normalized spacial score (nSPS) is 16.5. The van der Waals surface area contributed by atoms with Crippen molar-refractivity contribution in [2.75, 3.05) is 6.54 Å². The SMILES string of the molecule is O=C(O)N[C@@H](Cc1ccc(O)cc1)C(=O)N1CCC[C@H]1C(=O)N[C@@H](Cc1ccccn1)c1ccccc1. The molecule has 0 bridgehead atoms. The van der Waals surface area contributed by atoms with Gasteiger partial charge in [0.2, 0.25) is 11.8 Å². The minimum atomic E-state index is -1.32. The quantitative estimate of drug-likeness (QED) is 0.356. The van der Waals surface area contributed by atoms with Crippen molar-refractivity contribution in [1.82, 2.24) is 20.5 Å². The summed E-state index contributed by atoms with van der Waals surface area (Å²) in [5.41, 5.74) is 2.44. The lowest BCUT2D eigenvalue weighted by atomic mass is 10.0. The number of carbonyl (C=O) groups is 3. The number of amides is 3. The number of aromatic nitrogens is 1. The molecule has 2 aromatic carbocycles. The standard InChI is InChI=1S/C28H30N4O5/c33-22-13-11-19(12-14-22)17-24(31-28(36)37)27(35)32-16-6-10-25(32)26(34)30-23(20-7-2-1-3-8-20)18-21-9-4-5-15-29-21/h1-5,7-9,11-15,23-25,31,33H,6,10,16-18H2,(H,30,34)(H,36,37)/t23-,24-,25-/m0/s1. The Kier molecular flexibility index (Phi) is 8.35. The largest absolute Gasteiger partial charge is 0.508 e. The zero-order valence-electron chi connectivity index (χ0n) is 20.3. The predicted octanol–water partition coefficient (Wildman–Crippen LogP) is 3.06. The first-order valence-electron chi connectivity index (χ1n) is 12.2. The van der Waals surface area contributed by atoms with Gasteiger partial charge in [-0.1, -0.05) is 48.5 Å². The van der Waals surface area contributed by atoms with E-state index in [4.69, 9.17) is 0 Å². The van der Waals surface area contributed by atoms with E-state index in [0.29, 0.717) is 31.4 Å². The van der Waals surface area contributed by atoms with E-state index in [1.807, 2.05) is 48.5 Å². The van der Waals surface area contributed by atoms with Crippen LogP contribution in [0.2, 0.25) is 0 Å². The highest BCUT2D eigenvalue weighted by Crippen LogP contribution is 2.23. The van der Waals surface area contributed by atoms with E-state index in [2.05, 4.69) is 15.6 Å². The van der Waals surface area contributed by atoms with E-state index in [9.17, 15) is 24.6 Å². The van der Waals surface area contributed by atoms with Crippen molar-refractivity contribution in [3.8, 4) is 5.75 Å². The smallest absolute Gasteiger partial charge is 0.405 e. The van der Waals surface area contributed by atoms with E-state index >= 15 is 0 Å². The molecule has 192 valence electrons. The van der Waals surface area contributed by atoms with Gasteiger partial charge in [0.05, 0.1) is 6.04 Å². The average Bonchev–Trinajstić information content (AvgIpc) is 3.40. The highest BCUT2D eigenvalue weighted by atomic mass is 16.4. The Balaban J connectivity index is 1.50. The number of pyridine rings is 1. The number of nitrogens with zero attached hydrogens (tertiary/aromatic N) is 2. The summed E-state index contributed by atoms with van der Waals surface area (Å²) in [4.78, 5) is 44.3. The number of likely N-dealkylation sites (tertiary alicyclic amines) is 1. The molecule has 1 fully saturated rings. The Labute approximate surface area is 215 Å². The molecule has 0 aliphatic carbocycles. The molecule has 9 nitrogen and oxygen atoms in total. The van der Waals surface area contributed by atoms with E-state index in [1.165, 1.54) is 17.0 Å². The summed E-state index contributed by atoms with van der Waals surface area (Å²) in [6, 6.07) is 19.4. The van der Waals surface area contributed by atoms with Crippen LogP contribution in [0.4, 0.5) is 4.79 Å². The monoisotopic (exact) mass is 502 g/mol. The number of rotatable bonds is 9. The molecule has 2 heterocycles. The number of benzene rings is 2. The number of carboxylic acid groups (broad SMARTS) is 1. The summed E-state index contributed by atoms with van der Waals surface area (Å²) >= 11 is 0. The Morgan fingerprint density at radius 1 is 0.946 bits per heavy atom. The van der Waals surface area contributed by atoms with Gasteiger partial charge in [-0.15, -0.1) is 0 Å². The van der Waals surface area contributed by atoms with Crippen LogP contribution in [0, 0.1) is 0 Å². The third kappa shape index (κ3) is 6.84. The fourth-order valence-electron chi connectivity index (χ4n) is 4.65. The number of hydrogen-bond donors (Lipinski definition) is 4. The van der Waals surface area contributed by atoms with E-state index in [-0.39, 0.29) is 24.1 Å². The summed E-state index contributed by atoms with van der Waals surface area (Å²) in [5.74, 6) is -0.656. The van der Waals surface area contributed by atoms with Crippen LogP contribution >= 0.6 is 0 Å². The van der Waals surface area contributed by atoms with Crippen LogP contribution in [0.3, 0.4) is 0 Å². The predicted molar refractivity (Wildman–Crippen MR) is 137 cm³/mol. The number of hydrogen-bond acceptors (Lipinski definition) is 5. The lowest BCUT2D eigenvalue weighted by Gasteiger charge is -2.30. The van der Waals surface area contributed by atoms with Crippen molar-refractivity contribution in [1.29, 1.82) is 0 Å². The zero-order valence-corrected chi connectivity index (χ0v) is 20.3. The van der Waals surface area contributed by atoms with Crippen LogP contribution in [0.5, 0.6) is 5.75 Å². The van der Waals surface area contributed by atoms with Crippen LogP contribution in [0.15, 0.2) is 79.0 Å². The van der Waals surface area contributed by atoms with E-state index < -0.39 is 24.1 Å². The lowest BCUT2D eigenvalue weighted by molar-refractivity contribution is -0.140. The molecule has 0 unspecified atom stereocenters. The fourth-order valence-corrected chi connectivity index (χ4v) is 4.65. The molecule has 37 heavy (non-hydrogen) atoms. The highest BCUT2D eigenvalue weighted by Gasteiger charge is 2.38. The molecule has 1 aliphatic rings. The maximum atomic E-state index is 13.5. The summed E-state index contributed by atoms with van der Waals surface area (Å²) in [7, 11) is 0. The Morgan fingerprint density at radius 2 is 1.68 bits per heavy atom. The fraction of sp³-hybridized carbons (Fsp3) is 0.286. The lowest BCUT2D eigenvalue weighted by Crippen LogP contribution is -2.54. The zero-order chi connectivity index (χ0) is 26.2. The van der Waals surface area contributed by atoms with Crippen molar-refractivity contribution in [3.05, 3.63) is 95.8 Å². The average molecular weight is 503 g/mol. The molecule has 3 atom stereocenters. The first-order chi connectivity index (χ1) is 17.9. The third-order valence-electron chi connectivity index (χ3n) is 6.47. The van der Waals surface area contributed by atoms with Gasteiger partial charge < -0.3 is 25.7 Å². The summed E-state index contributed by atoms with van der Waals surface area (Å²) in [6.07, 6.45) is 2.10. The first-order valence-corrected chi connectivity index (χ1v) is 12.2. The van der Waals surface area contributed by atoms with Crippen LogP contribution < -0.4 is 10.6 Å². The molecule has 1 aliphatic heterocycles. The van der Waals surface area contributed by atoms with E-state index in [0.717, 1.165) is 11.3 Å². The Hall–Kier alpha value is -4.40. The molecule has 1 aromatic heterocycles. The number of phenolic OH excluding ortho intramolecular Hbond substituents is 1. The van der Waals surface area contributed by atoms with Gasteiger partial charge in [0.15, 0.2) is 0 Å². The summed E-state index contributed by atoms with van der Waals surface area (Å²) < 4.78 is 0. The molecule has 3 aromatic rings. The van der Waals surface area contributed by atoms with Gasteiger partial charge in [-0.05, 0) is 48.2 Å². The molecule has 4 rings (SSSR count). The van der Waals surface area contributed by atoms with Crippen molar-refractivity contribution in [3.63, 3.8) is 0 Å². The highest BCUT2D eigenvalue weighted by molar-refractivity contribution is 5.92. The Bertz CT molecular complexity index is 1200. The summed E-state index contributed by atoms with van der Waals surface area (Å²) in [5, 5.41) is 24.3. The number of aromatic hydroxyl groups is 1. The summed E-state index contributed by atoms with van der Waals surface area (Å²) in [6.45, 7) is 0.362. The van der Waals surface area contributed by atoms with Gasteiger partial charge in [0, 0.05) is 31.3 Å². The third-order valence-corrected chi connectivity index (χ3v) is 6.47. The number of carbonyl (C=O) groups excluding carboxylic acids is 2. The second-order valence-electron chi connectivity index (χ2n) is 9.06. The molecule has 1 saturated heterocycles. The van der Waals surface area contributed by atoms with Gasteiger partial charge >= 0.3 is 6.09 Å². The minimum Gasteiger partial charge on any atom is -0.508 e. The molecule has 9 heteroatoms. The van der Waals surface area contributed by atoms with Crippen molar-refractivity contribution in [2.24, 2.45) is 0 Å². The molecule has 3 amide bonds. The number of nitrogens with one attached hydrogen (secondary N) is 2. The van der Waals surface area contributed by atoms with Crippen molar-refractivity contribution < 1.29 is 24.6 Å².